The quantitative estimate of drug-likeness (QED) is 0.277. The van der Waals surface area contributed by atoms with Crippen molar-refractivity contribution >= 4 is 12.1 Å². The van der Waals surface area contributed by atoms with Gasteiger partial charge < -0.3 is 38.8 Å². The topological polar surface area (TPSA) is 68.5 Å². The predicted octanol–water partition coefficient (Wildman–Crippen LogP) is 0.758. The summed E-state index contributed by atoms with van der Waals surface area (Å²) in [7, 11) is 1.56. The molecule has 1 N–H and O–H groups in total. The van der Waals surface area contributed by atoms with Gasteiger partial charge in [0.05, 0.1) is 0 Å². The van der Waals surface area contributed by atoms with Crippen molar-refractivity contribution in [2.75, 3.05) is 7.05 Å². The highest BCUT2D eigenvalue weighted by atomic mass is 127. The van der Waals surface area contributed by atoms with E-state index in [2.05, 4.69) is 33.0 Å². The number of amides is 1. The molecule has 0 aliphatic carbocycles. The van der Waals surface area contributed by atoms with Crippen molar-refractivity contribution in [2.45, 2.75) is 46.3 Å². The van der Waals surface area contributed by atoms with Crippen LogP contribution in [0.5, 0.6) is 5.75 Å². The van der Waals surface area contributed by atoms with Crippen molar-refractivity contribution in [1.82, 2.24) is 5.32 Å². The Hall–Kier alpha value is -2.16. The number of halogens is 1. The highest BCUT2D eigenvalue weighted by Crippen LogP contribution is 2.34. The Balaban J connectivity index is 0.00000392. The molecule has 1 amide bonds. The number of aromatic nitrogens is 1. The summed E-state index contributed by atoms with van der Waals surface area (Å²) in [5.41, 5.74) is 2.41. The number of carbonyl (C=O) groups is 2. The predicted molar refractivity (Wildman–Crippen MR) is 102 cm³/mol. The van der Waals surface area contributed by atoms with E-state index in [9.17, 15) is 9.59 Å². The SMILES string of the molecule is CNC(=O)c1ccc[n+](COC(=O)Oc2c(C(C)C)cccc2C(C)C)c1.[I-]. The summed E-state index contributed by atoms with van der Waals surface area (Å²) in [6, 6.07) is 9.29. The average molecular weight is 498 g/mol. The first-order chi connectivity index (χ1) is 12.8. The summed E-state index contributed by atoms with van der Waals surface area (Å²) < 4.78 is 12.4. The van der Waals surface area contributed by atoms with Gasteiger partial charge in [0, 0.05) is 13.1 Å². The third-order valence-corrected chi connectivity index (χ3v) is 4.18. The van der Waals surface area contributed by atoms with Crippen LogP contribution in [0.3, 0.4) is 0 Å². The van der Waals surface area contributed by atoms with Crippen LogP contribution in [0, 0.1) is 0 Å². The first kappa shape index (κ1) is 23.9. The number of hydrogen-bond donors (Lipinski definition) is 1. The molecule has 1 heterocycles. The molecule has 0 aliphatic heterocycles. The van der Waals surface area contributed by atoms with Gasteiger partial charge in [-0.2, -0.15) is 4.57 Å². The molecule has 0 bridgehead atoms. The van der Waals surface area contributed by atoms with E-state index in [1.165, 1.54) is 0 Å². The minimum absolute atomic E-state index is 0. The van der Waals surface area contributed by atoms with Gasteiger partial charge in [-0.3, -0.25) is 4.79 Å². The van der Waals surface area contributed by atoms with Crippen molar-refractivity contribution in [3.8, 4) is 5.75 Å². The fourth-order valence-electron chi connectivity index (χ4n) is 2.72. The van der Waals surface area contributed by atoms with Crippen LogP contribution in [-0.2, 0) is 11.5 Å². The molecule has 0 aliphatic rings. The van der Waals surface area contributed by atoms with Crippen LogP contribution in [-0.4, -0.2) is 19.1 Å². The summed E-state index contributed by atoms with van der Waals surface area (Å²) in [6.07, 6.45) is 2.54. The highest BCUT2D eigenvalue weighted by Gasteiger charge is 2.20. The molecule has 0 saturated carbocycles. The molecule has 0 unspecified atom stereocenters. The van der Waals surface area contributed by atoms with Crippen molar-refractivity contribution < 1.29 is 47.6 Å². The highest BCUT2D eigenvalue weighted by molar-refractivity contribution is 5.93. The third kappa shape index (κ3) is 6.19. The van der Waals surface area contributed by atoms with Crippen molar-refractivity contribution in [3.63, 3.8) is 0 Å². The Labute approximate surface area is 183 Å². The van der Waals surface area contributed by atoms with Gasteiger partial charge in [0.25, 0.3) is 12.6 Å². The van der Waals surface area contributed by atoms with Gasteiger partial charge in [0.1, 0.15) is 11.3 Å². The van der Waals surface area contributed by atoms with Crippen LogP contribution < -0.4 is 38.6 Å². The van der Waals surface area contributed by atoms with Crippen LogP contribution in [0.15, 0.2) is 42.7 Å². The zero-order valence-electron chi connectivity index (χ0n) is 16.9. The van der Waals surface area contributed by atoms with Crippen LogP contribution >= 0.6 is 0 Å². The monoisotopic (exact) mass is 498 g/mol. The number of benzene rings is 1. The Morgan fingerprint density at radius 1 is 1.04 bits per heavy atom. The number of nitrogens with zero attached hydrogens (tertiary/aromatic N) is 1. The summed E-state index contributed by atoms with van der Waals surface area (Å²) >= 11 is 0. The molecule has 0 radical (unpaired) electrons. The minimum Gasteiger partial charge on any atom is -1.00 e. The van der Waals surface area contributed by atoms with Gasteiger partial charge >= 0.3 is 6.16 Å². The van der Waals surface area contributed by atoms with E-state index < -0.39 is 6.16 Å². The van der Waals surface area contributed by atoms with E-state index in [1.54, 1.807) is 36.1 Å². The van der Waals surface area contributed by atoms with E-state index in [4.69, 9.17) is 9.47 Å². The van der Waals surface area contributed by atoms with Crippen LogP contribution in [0.25, 0.3) is 0 Å². The molecule has 0 atom stereocenters. The smallest absolute Gasteiger partial charge is 0.518 e. The third-order valence-electron chi connectivity index (χ3n) is 4.18. The Morgan fingerprint density at radius 2 is 1.64 bits per heavy atom. The van der Waals surface area contributed by atoms with Gasteiger partial charge in [-0.05, 0) is 29.0 Å². The summed E-state index contributed by atoms with van der Waals surface area (Å²) in [5.74, 6) is 0.784. The molecule has 28 heavy (non-hydrogen) atoms. The molecular formula is C21H27IN2O4. The Bertz CT molecular complexity index is 796. The number of nitrogens with one attached hydrogen (secondary N) is 1. The fourth-order valence-corrected chi connectivity index (χ4v) is 2.72. The first-order valence-electron chi connectivity index (χ1n) is 9.02. The number of pyridine rings is 1. The van der Waals surface area contributed by atoms with Gasteiger partial charge in [-0.1, -0.05) is 45.9 Å². The number of hydrogen-bond acceptors (Lipinski definition) is 4. The Kier molecular flexibility index (Phi) is 9.37. The van der Waals surface area contributed by atoms with E-state index in [-0.39, 0.29) is 48.5 Å². The molecule has 7 heteroatoms. The number of para-hydroxylation sites is 1. The molecule has 0 saturated heterocycles. The van der Waals surface area contributed by atoms with Gasteiger partial charge in [-0.15, -0.1) is 0 Å². The van der Waals surface area contributed by atoms with Gasteiger partial charge in [0.2, 0.25) is 0 Å². The van der Waals surface area contributed by atoms with Crippen molar-refractivity contribution in [3.05, 3.63) is 59.4 Å². The molecule has 0 spiro atoms. The summed E-state index contributed by atoms with van der Waals surface area (Å²) in [4.78, 5) is 24.0. The molecule has 152 valence electrons. The fraction of sp³-hybridized carbons (Fsp3) is 0.381. The van der Waals surface area contributed by atoms with Crippen molar-refractivity contribution in [1.29, 1.82) is 0 Å². The molecule has 1 aromatic heterocycles. The van der Waals surface area contributed by atoms with Crippen LogP contribution in [0.1, 0.15) is 61.0 Å². The normalized spacial score (nSPS) is 10.4. The average Bonchev–Trinajstić information content (AvgIpc) is 2.65. The number of carbonyl (C=O) groups excluding carboxylic acids is 2. The van der Waals surface area contributed by atoms with E-state index in [0.717, 1.165) is 11.1 Å². The van der Waals surface area contributed by atoms with Crippen LogP contribution in [0.2, 0.25) is 0 Å². The van der Waals surface area contributed by atoms with E-state index in [1.807, 2.05) is 18.2 Å². The Morgan fingerprint density at radius 3 is 2.18 bits per heavy atom. The second kappa shape index (κ2) is 11.0. The van der Waals surface area contributed by atoms with Gasteiger partial charge in [-0.25, -0.2) is 4.79 Å². The summed E-state index contributed by atoms with van der Waals surface area (Å²) in [5, 5.41) is 2.55. The lowest BCUT2D eigenvalue weighted by molar-refractivity contribution is -0.727. The largest absolute Gasteiger partial charge is 1.00 e. The molecular weight excluding hydrogens is 471 g/mol. The maximum absolute atomic E-state index is 12.3. The molecule has 0 fully saturated rings. The lowest BCUT2D eigenvalue weighted by Gasteiger charge is -2.18. The number of ether oxygens (including phenoxy) is 2. The lowest BCUT2D eigenvalue weighted by Crippen LogP contribution is -3.00. The molecule has 2 rings (SSSR count). The maximum Gasteiger partial charge on any atom is 0.518 e. The van der Waals surface area contributed by atoms with Crippen molar-refractivity contribution in [2.24, 2.45) is 0 Å². The van der Waals surface area contributed by atoms with Gasteiger partial charge in [0.15, 0.2) is 12.4 Å². The van der Waals surface area contributed by atoms with E-state index in [0.29, 0.717) is 11.3 Å². The molecule has 1 aromatic carbocycles. The molecule has 6 nitrogen and oxygen atoms in total. The second-order valence-corrected chi connectivity index (χ2v) is 6.89. The standard InChI is InChI=1S/C21H26N2O4.HI/c1-14(2)17-9-6-10-18(15(3)4)19(17)27-21(25)26-13-23-11-7-8-16(12-23)20(24)22-5;/h6-12,14-15H,13H2,1-5H3;1H. The lowest BCUT2D eigenvalue weighted by atomic mass is 9.94. The maximum atomic E-state index is 12.3. The number of rotatable bonds is 6. The first-order valence-corrected chi connectivity index (χ1v) is 9.02. The molecule has 2 aromatic rings. The van der Waals surface area contributed by atoms with E-state index >= 15 is 0 Å². The van der Waals surface area contributed by atoms with Crippen LogP contribution in [0.4, 0.5) is 4.79 Å². The zero-order valence-corrected chi connectivity index (χ0v) is 19.0. The summed E-state index contributed by atoms with van der Waals surface area (Å²) in [6.45, 7) is 8.16. The zero-order chi connectivity index (χ0) is 20.0. The minimum atomic E-state index is -0.775. The second-order valence-electron chi connectivity index (χ2n) is 6.89.